The minimum atomic E-state index is -0.602. The van der Waals surface area contributed by atoms with E-state index >= 15 is 0 Å². The number of carbonyl (C=O) groups excluding carboxylic acids is 1. The Labute approximate surface area is 120 Å². The Hall–Kier alpha value is -3.10. The molecule has 4 nitrogen and oxygen atoms in total. The van der Waals surface area contributed by atoms with Crippen molar-refractivity contribution in [3.05, 3.63) is 76.7 Å². The van der Waals surface area contributed by atoms with Crippen LogP contribution in [0.5, 0.6) is 0 Å². The van der Waals surface area contributed by atoms with Crippen LogP contribution < -0.4 is 0 Å². The molecule has 3 aromatic rings. The van der Waals surface area contributed by atoms with E-state index in [2.05, 4.69) is 22.2 Å². The van der Waals surface area contributed by atoms with Gasteiger partial charge in [-0.25, -0.2) is 0 Å². The molecule has 0 aromatic heterocycles. The van der Waals surface area contributed by atoms with Gasteiger partial charge in [-0.2, -0.15) is 0 Å². The second kappa shape index (κ2) is 5.49. The fourth-order valence-electron chi connectivity index (χ4n) is 2.46. The largest absolute Gasteiger partial charge is 0.288 e. The summed E-state index contributed by atoms with van der Waals surface area (Å²) in [7, 11) is 0. The summed E-state index contributed by atoms with van der Waals surface area (Å²) in [5.74, 6) is -0.602. The first-order chi connectivity index (χ1) is 10.3. The molecule has 0 aliphatic rings. The number of hydrogen-bond acceptors (Lipinski definition) is 1. The Morgan fingerprint density at radius 3 is 2.43 bits per heavy atom. The number of carbonyl (C=O) groups is 1. The lowest BCUT2D eigenvalue weighted by Gasteiger charge is -2.07. The van der Waals surface area contributed by atoms with Gasteiger partial charge >= 0.3 is 0 Å². The molecule has 0 fully saturated rings. The summed E-state index contributed by atoms with van der Waals surface area (Å²) >= 11 is 0. The summed E-state index contributed by atoms with van der Waals surface area (Å²) in [5.41, 5.74) is 9.17. The van der Waals surface area contributed by atoms with Gasteiger partial charge in [0.2, 0.25) is 5.91 Å². The molecular weight excluding hydrogens is 262 g/mol. The maximum atomic E-state index is 11.3. The molecule has 100 valence electrons. The van der Waals surface area contributed by atoms with Gasteiger partial charge in [-0.05, 0) is 49.9 Å². The summed E-state index contributed by atoms with van der Waals surface area (Å²) < 4.78 is 0. The van der Waals surface area contributed by atoms with Crippen LogP contribution in [-0.4, -0.2) is 5.91 Å². The number of nitrogens with zero attached hydrogens (tertiary/aromatic N) is 3. The summed E-state index contributed by atoms with van der Waals surface area (Å²) in [6, 6.07) is 18.2. The second-order valence-electron chi connectivity index (χ2n) is 4.59. The third-order valence-electron chi connectivity index (χ3n) is 3.35. The van der Waals surface area contributed by atoms with Gasteiger partial charge in [0.1, 0.15) is 0 Å². The van der Waals surface area contributed by atoms with Gasteiger partial charge in [0.15, 0.2) is 0 Å². The van der Waals surface area contributed by atoms with Gasteiger partial charge in [0.05, 0.1) is 0 Å². The van der Waals surface area contributed by atoms with Crippen molar-refractivity contribution in [1.29, 1.82) is 0 Å². The summed E-state index contributed by atoms with van der Waals surface area (Å²) in [6.45, 7) is 0. The van der Waals surface area contributed by atoms with Gasteiger partial charge in [0.25, 0.3) is 0 Å². The Bertz CT molecular complexity index is 922. The monoisotopic (exact) mass is 273 g/mol. The number of fused-ring (bicyclic) bond motifs is 3. The van der Waals surface area contributed by atoms with Gasteiger partial charge in [-0.1, -0.05) is 54.6 Å². The molecule has 3 aromatic carbocycles. The van der Waals surface area contributed by atoms with E-state index < -0.39 is 5.91 Å². The molecule has 0 aliphatic heterocycles. The van der Waals surface area contributed by atoms with E-state index in [4.69, 9.17) is 5.53 Å². The molecule has 0 unspecified atom stereocenters. The number of amides is 1. The highest BCUT2D eigenvalue weighted by atomic mass is 16.1. The van der Waals surface area contributed by atoms with Gasteiger partial charge in [-0.3, -0.25) is 4.79 Å². The smallest absolute Gasteiger partial charge is 0.242 e. The molecule has 3 rings (SSSR count). The third kappa shape index (κ3) is 2.48. The van der Waals surface area contributed by atoms with Crippen molar-refractivity contribution in [2.75, 3.05) is 0 Å². The van der Waals surface area contributed by atoms with Crippen LogP contribution in [0.15, 0.2) is 65.8 Å². The first-order valence-electron chi connectivity index (χ1n) is 6.47. The molecule has 0 aliphatic carbocycles. The lowest BCUT2D eigenvalue weighted by molar-refractivity contribution is -0.113. The minimum absolute atomic E-state index is 0.602. The van der Waals surface area contributed by atoms with Gasteiger partial charge in [0, 0.05) is 4.91 Å². The van der Waals surface area contributed by atoms with Crippen LogP contribution in [0.25, 0.3) is 38.1 Å². The summed E-state index contributed by atoms with van der Waals surface area (Å²) in [5, 5.41) is 7.50. The summed E-state index contributed by atoms with van der Waals surface area (Å²) in [4.78, 5) is 13.8. The van der Waals surface area contributed by atoms with Crippen LogP contribution in [-0.2, 0) is 4.79 Å². The quantitative estimate of drug-likeness (QED) is 0.216. The first kappa shape index (κ1) is 12.9. The SMILES string of the molecule is [N-]=[N+]=NC(=O)/C=C/c1cc2ccccc2c2ccccc12. The van der Waals surface area contributed by atoms with Crippen LogP contribution in [0.1, 0.15) is 5.56 Å². The topological polar surface area (TPSA) is 65.8 Å². The predicted octanol–water partition coefficient (Wildman–Crippen LogP) is 4.84. The van der Waals surface area contributed by atoms with Crippen molar-refractivity contribution < 1.29 is 4.79 Å². The van der Waals surface area contributed by atoms with Crippen LogP contribution in [0.2, 0.25) is 0 Å². The molecule has 1 amide bonds. The van der Waals surface area contributed by atoms with Gasteiger partial charge in [-0.15, -0.1) is 0 Å². The van der Waals surface area contributed by atoms with E-state index in [1.165, 1.54) is 11.5 Å². The Morgan fingerprint density at radius 2 is 1.67 bits per heavy atom. The first-order valence-corrected chi connectivity index (χ1v) is 6.47. The molecule has 0 saturated carbocycles. The van der Waals surface area contributed by atoms with E-state index in [0.717, 1.165) is 21.7 Å². The Kier molecular flexibility index (Phi) is 3.37. The van der Waals surface area contributed by atoms with Crippen molar-refractivity contribution in [1.82, 2.24) is 0 Å². The van der Waals surface area contributed by atoms with Gasteiger partial charge < -0.3 is 0 Å². The van der Waals surface area contributed by atoms with E-state index in [1.807, 2.05) is 42.5 Å². The number of rotatable bonds is 2. The fraction of sp³-hybridized carbons (Fsp3) is 0. The Morgan fingerprint density at radius 1 is 1.00 bits per heavy atom. The molecule has 4 heteroatoms. The average Bonchev–Trinajstić information content (AvgIpc) is 2.53. The molecule has 0 spiro atoms. The standard InChI is InChI=1S/C17H11N3O/c18-20-19-17(21)10-9-13-11-12-5-1-2-6-14(12)16-8-4-3-7-15(13)16/h1-11H/b10-9+. The zero-order valence-corrected chi connectivity index (χ0v) is 11.1. The maximum Gasteiger partial charge on any atom is 0.242 e. The summed E-state index contributed by atoms with van der Waals surface area (Å²) in [6.07, 6.45) is 2.97. The zero-order chi connectivity index (χ0) is 14.7. The molecule has 0 saturated heterocycles. The van der Waals surface area contributed by atoms with Crippen LogP contribution in [0.4, 0.5) is 0 Å². The Balaban J connectivity index is 2.25. The number of benzene rings is 3. The van der Waals surface area contributed by atoms with Crippen LogP contribution >= 0.6 is 0 Å². The van der Waals surface area contributed by atoms with Crippen molar-refractivity contribution in [2.24, 2.45) is 5.11 Å². The van der Waals surface area contributed by atoms with Crippen molar-refractivity contribution in [2.45, 2.75) is 0 Å². The van der Waals surface area contributed by atoms with E-state index in [9.17, 15) is 4.79 Å². The van der Waals surface area contributed by atoms with Crippen LogP contribution in [0, 0.1) is 0 Å². The fourth-order valence-corrected chi connectivity index (χ4v) is 2.46. The molecule has 0 atom stereocenters. The highest BCUT2D eigenvalue weighted by Crippen LogP contribution is 2.29. The third-order valence-corrected chi connectivity index (χ3v) is 3.35. The predicted molar refractivity (Wildman–Crippen MR) is 84.6 cm³/mol. The molecule has 0 radical (unpaired) electrons. The number of hydrogen-bond donors (Lipinski definition) is 0. The molecule has 0 bridgehead atoms. The lowest BCUT2D eigenvalue weighted by atomic mass is 9.97. The molecule has 0 N–H and O–H groups in total. The second-order valence-corrected chi connectivity index (χ2v) is 4.59. The molecule has 0 heterocycles. The van der Waals surface area contributed by atoms with Crippen molar-refractivity contribution in [3.8, 4) is 0 Å². The van der Waals surface area contributed by atoms with Crippen LogP contribution in [0.3, 0.4) is 0 Å². The number of azide groups is 1. The lowest BCUT2D eigenvalue weighted by Crippen LogP contribution is -1.85. The molecule has 21 heavy (non-hydrogen) atoms. The normalized spacial score (nSPS) is 10.9. The highest BCUT2D eigenvalue weighted by molar-refractivity contribution is 6.11. The maximum absolute atomic E-state index is 11.3. The zero-order valence-electron chi connectivity index (χ0n) is 11.1. The van der Waals surface area contributed by atoms with Crippen molar-refractivity contribution >= 4 is 33.5 Å². The van der Waals surface area contributed by atoms with E-state index in [-0.39, 0.29) is 0 Å². The van der Waals surface area contributed by atoms with Crippen molar-refractivity contribution in [3.63, 3.8) is 0 Å². The molecular formula is C17H11N3O. The highest BCUT2D eigenvalue weighted by Gasteiger charge is 2.04. The van der Waals surface area contributed by atoms with E-state index in [1.54, 1.807) is 6.08 Å². The average molecular weight is 273 g/mol. The minimum Gasteiger partial charge on any atom is -0.288 e. The van der Waals surface area contributed by atoms with E-state index in [0.29, 0.717) is 0 Å².